The molecule has 0 aliphatic rings. The Morgan fingerprint density at radius 1 is 0.889 bits per heavy atom. The lowest BCUT2D eigenvalue weighted by molar-refractivity contribution is -0.128. The van der Waals surface area contributed by atoms with Crippen molar-refractivity contribution >= 4 is 23.4 Å². The third-order valence-corrected chi connectivity index (χ3v) is 5.37. The molecule has 0 bridgehead atoms. The van der Waals surface area contributed by atoms with Crippen LogP contribution in [-0.2, 0) is 9.59 Å². The standard InChI is InChI=1S/C27H29N3O6/c1-17-7-5-10-24(18(17)2)36-19(3)26(32)29-30-27(33)20-11-13-22(14-12-20)35-16-25(31)28-21-8-6-9-23(15-21)34-4/h5-15,19H,16H2,1-4H3,(H,28,31)(H,29,32)(H,30,33). The van der Waals surface area contributed by atoms with Crippen LogP contribution in [0, 0.1) is 13.8 Å². The van der Waals surface area contributed by atoms with Gasteiger partial charge in [-0.25, -0.2) is 0 Å². The van der Waals surface area contributed by atoms with E-state index in [0.717, 1.165) is 11.1 Å². The first-order valence-electron chi connectivity index (χ1n) is 11.3. The summed E-state index contributed by atoms with van der Waals surface area (Å²) in [4.78, 5) is 36.8. The van der Waals surface area contributed by atoms with E-state index in [1.165, 1.54) is 12.1 Å². The topological polar surface area (TPSA) is 115 Å². The molecule has 188 valence electrons. The molecule has 0 spiro atoms. The van der Waals surface area contributed by atoms with Gasteiger partial charge in [-0.05, 0) is 74.4 Å². The zero-order valence-electron chi connectivity index (χ0n) is 20.6. The highest BCUT2D eigenvalue weighted by Crippen LogP contribution is 2.22. The van der Waals surface area contributed by atoms with Crippen molar-refractivity contribution in [2.24, 2.45) is 0 Å². The first kappa shape index (κ1) is 26.1. The maximum Gasteiger partial charge on any atom is 0.279 e. The molecule has 3 amide bonds. The first-order valence-corrected chi connectivity index (χ1v) is 11.3. The Morgan fingerprint density at radius 3 is 2.33 bits per heavy atom. The molecule has 1 atom stereocenters. The molecule has 9 heteroatoms. The zero-order chi connectivity index (χ0) is 26.1. The molecule has 0 aliphatic heterocycles. The normalized spacial score (nSPS) is 11.1. The van der Waals surface area contributed by atoms with E-state index in [1.807, 2.05) is 26.0 Å². The van der Waals surface area contributed by atoms with Crippen molar-refractivity contribution < 1.29 is 28.6 Å². The van der Waals surface area contributed by atoms with Gasteiger partial charge in [-0.15, -0.1) is 0 Å². The molecule has 0 fully saturated rings. The number of hydrogen-bond acceptors (Lipinski definition) is 6. The minimum atomic E-state index is -0.815. The molecule has 36 heavy (non-hydrogen) atoms. The third-order valence-electron chi connectivity index (χ3n) is 5.37. The monoisotopic (exact) mass is 491 g/mol. The van der Waals surface area contributed by atoms with Gasteiger partial charge in [0.2, 0.25) is 0 Å². The van der Waals surface area contributed by atoms with Crippen molar-refractivity contribution in [1.82, 2.24) is 10.9 Å². The van der Waals surface area contributed by atoms with Crippen LogP contribution >= 0.6 is 0 Å². The number of nitrogens with one attached hydrogen (secondary N) is 3. The van der Waals surface area contributed by atoms with E-state index in [1.54, 1.807) is 56.5 Å². The molecule has 3 rings (SSSR count). The van der Waals surface area contributed by atoms with Gasteiger partial charge < -0.3 is 19.5 Å². The summed E-state index contributed by atoms with van der Waals surface area (Å²) < 4.78 is 16.3. The molecule has 0 saturated heterocycles. The lowest BCUT2D eigenvalue weighted by Crippen LogP contribution is -2.47. The third kappa shape index (κ3) is 7.23. The first-order chi connectivity index (χ1) is 17.3. The quantitative estimate of drug-likeness (QED) is 0.395. The second kappa shape index (κ2) is 12.3. The number of amides is 3. The van der Waals surface area contributed by atoms with Crippen molar-refractivity contribution in [3.8, 4) is 17.2 Å². The van der Waals surface area contributed by atoms with E-state index >= 15 is 0 Å². The SMILES string of the molecule is COc1cccc(NC(=O)COc2ccc(C(=O)NNC(=O)C(C)Oc3cccc(C)c3C)cc2)c1. The van der Waals surface area contributed by atoms with E-state index in [2.05, 4.69) is 16.2 Å². The summed E-state index contributed by atoms with van der Waals surface area (Å²) in [5, 5.41) is 2.72. The fourth-order valence-corrected chi connectivity index (χ4v) is 3.14. The lowest BCUT2D eigenvalue weighted by atomic mass is 10.1. The molecule has 3 aromatic rings. The van der Waals surface area contributed by atoms with E-state index in [-0.39, 0.29) is 12.5 Å². The van der Waals surface area contributed by atoms with Gasteiger partial charge in [0.15, 0.2) is 12.7 Å². The Labute approximate surface area is 209 Å². The van der Waals surface area contributed by atoms with E-state index in [0.29, 0.717) is 28.5 Å². The van der Waals surface area contributed by atoms with Crippen molar-refractivity contribution in [3.05, 3.63) is 83.4 Å². The number of hydrazine groups is 1. The average molecular weight is 492 g/mol. The van der Waals surface area contributed by atoms with Crippen LogP contribution in [0.3, 0.4) is 0 Å². The van der Waals surface area contributed by atoms with Crippen molar-refractivity contribution in [1.29, 1.82) is 0 Å². The van der Waals surface area contributed by atoms with Crippen LogP contribution in [0.1, 0.15) is 28.4 Å². The van der Waals surface area contributed by atoms with Crippen LogP contribution in [-0.4, -0.2) is 37.5 Å². The van der Waals surface area contributed by atoms with Crippen LogP contribution in [0.5, 0.6) is 17.2 Å². The van der Waals surface area contributed by atoms with Crippen molar-refractivity contribution in [2.45, 2.75) is 26.9 Å². The number of methoxy groups -OCH3 is 1. The molecular formula is C27H29N3O6. The number of benzene rings is 3. The van der Waals surface area contributed by atoms with E-state index in [4.69, 9.17) is 14.2 Å². The average Bonchev–Trinajstić information content (AvgIpc) is 2.88. The Balaban J connectivity index is 1.44. The van der Waals surface area contributed by atoms with Gasteiger partial charge in [-0.3, -0.25) is 25.2 Å². The molecule has 9 nitrogen and oxygen atoms in total. The van der Waals surface area contributed by atoms with Crippen LogP contribution < -0.4 is 30.4 Å². The molecule has 1 unspecified atom stereocenters. The Hall–Kier alpha value is -4.53. The van der Waals surface area contributed by atoms with E-state index < -0.39 is 17.9 Å². The fraction of sp³-hybridized carbons (Fsp3) is 0.222. The van der Waals surface area contributed by atoms with Crippen LogP contribution in [0.25, 0.3) is 0 Å². The van der Waals surface area contributed by atoms with Gasteiger partial charge in [-0.1, -0.05) is 18.2 Å². The summed E-state index contributed by atoms with van der Waals surface area (Å²) in [6.45, 7) is 5.26. The van der Waals surface area contributed by atoms with Gasteiger partial charge in [-0.2, -0.15) is 0 Å². The van der Waals surface area contributed by atoms with Gasteiger partial charge in [0.1, 0.15) is 17.2 Å². The highest BCUT2D eigenvalue weighted by Gasteiger charge is 2.17. The molecule has 3 aromatic carbocycles. The number of hydrogen-bond donors (Lipinski definition) is 3. The minimum absolute atomic E-state index is 0.211. The van der Waals surface area contributed by atoms with Gasteiger partial charge in [0.05, 0.1) is 7.11 Å². The maximum atomic E-state index is 12.4. The highest BCUT2D eigenvalue weighted by atomic mass is 16.5. The Kier molecular flexibility index (Phi) is 8.88. The molecule has 0 saturated carbocycles. The number of anilines is 1. The summed E-state index contributed by atoms with van der Waals surface area (Å²) >= 11 is 0. The maximum absolute atomic E-state index is 12.4. The highest BCUT2D eigenvalue weighted by molar-refractivity contribution is 5.96. The summed E-state index contributed by atoms with van der Waals surface area (Å²) in [5.74, 6) is 0.298. The molecule has 0 aromatic heterocycles. The lowest BCUT2D eigenvalue weighted by Gasteiger charge is -2.17. The number of rotatable bonds is 9. The molecule has 0 heterocycles. The predicted octanol–water partition coefficient (Wildman–Crippen LogP) is 3.56. The Bertz CT molecular complexity index is 1230. The molecule has 0 aliphatic carbocycles. The summed E-state index contributed by atoms with van der Waals surface area (Å²) in [6, 6.07) is 18.7. The molecule has 3 N–H and O–H groups in total. The van der Waals surface area contributed by atoms with Gasteiger partial charge in [0.25, 0.3) is 17.7 Å². The largest absolute Gasteiger partial charge is 0.497 e. The summed E-state index contributed by atoms with van der Waals surface area (Å²) in [7, 11) is 1.55. The zero-order valence-corrected chi connectivity index (χ0v) is 20.6. The summed E-state index contributed by atoms with van der Waals surface area (Å²) in [6.07, 6.45) is -0.815. The smallest absolute Gasteiger partial charge is 0.279 e. The van der Waals surface area contributed by atoms with Gasteiger partial charge in [0, 0.05) is 17.3 Å². The number of ether oxygens (including phenoxy) is 3. The number of carbonyl (C=O) groups is 3. The van der Waals surface area contributed by atoms with Crippen molar-refractivity contribution in [3.63, 3.8) is 0 Å². The summed E-state index contributed by atoms with van der Waals surface area (Å²) in [5.41, 5.74) is 7.61. The fourth-order valence-electron chi connectivity index (χ4n) is 3.14. The van der Waals surface area contributed by atoms with Crippen LogP contribution in [0.4, 0.5) is 5.69 Å². The van der Waals surface area contributed by atoms with E-state index in [9.17, 15) is 14.4 Å². The van der Waals surface area contributed by atoms with Gasteiger partial charge >= 0.3 is 0 Å². The number of carbonyl (C=O) groups excluding carboxylic acids is 3. The number of aryl methyl sites for hydroxylation is 1. The van der Waals surface area contributed by atoms with Crippen molar-refractivity contribution in [2.75, 3.05) is 19.0 Å². The van der Waals surface area contributed by atoms with Crippen LogP contribution in [0.2, 0.25) is 0 Å². The second-order valence-electron chi connectivity index (χ2n) is 7.99. The molecule has 0 radical (unpaired) electrons. The molecular weight excluding hydrogens is 462 g/mol. The minimum Gasteiger partial charge on any atom is -0.497 e. The Morgan fingerprint density at radius 2 is 1.61 bits per heavy atom. The second-order valence-corrected chi connectivity index (χ2v) is 7.99. The van der Waals surface area contributed by atoms with Crippen LogP contribution in [0.15, 0.2) is 66.7 Å². The predicted molar refractivity (Wildman–Crippen MR) is 135 cm³/mol.